The summed E-state index contributed by atoms with van der Waals surface area (Å²) < 4.78 is 5.30. The number of rotatable bonds is 7. The lowest BCUT2D eigenvalue weighted by Gasteiger charge is -2.03. The molecular weight excluding hydrogens is 398 g/mol. The molecule has 0 unspecified atom stereocenters. The van der Waals surface area contributed by atoms with Crippen molar-refractivity contribution in [2.75, 3.05) is 6.61 Å². The average Bonchev–Trinajstić information content (AvgIpc) is 3.16. The van der Waals surface area contributed by atoms with Crippen LogP contribution in [0.4, 0.5) is 0 Å². The predicted molar refractivity (Wildman–Crippen MR) is 109 cm³/mol. The average molecular weight is 412 g/mol. The van der Waals surface area contributed by atoms with Gasteiger partial charge in [-0.25, -0.2) is 9.78 Å². The van der Waals surface area contributed by atoms with Gasteiger partial charge in [0.05, 0.1) is 0 Å². The van der Waals surface area contributed by atoms with Crippen LogP contribution in [0.25, 0.3) is 17.5 Å². The molecule has 0 fully saturated rings. The molecule has 1 aromatic heterocycles. The second-order valence-electron chi connectivity index (χ2n) is 5.45. The van der Waals surface area contributed by atoms with Gasteiger partial charge in [0.15, 0.2) is 5.82 Å². The molecule has 8 heteroatoms. The van der Waals surface area contributed by atoms with Gasteiger partial charge in [-0.05, 0) is 59.8 Å². The Balaban J connectivity index is 1.76. The summed E-state index contributed by atoms with van der Waals surface area (Å²) in [4.78, 5) is 16.0. The fourth-order valence-electron chi connectivity index (χ4n) is 2.20. The number of carboxylic acid groups (broad SMARTS) is 1. The Bertz CT molecular complexity index is 1040. The molecule has 0 spiro atoms. The van der Waals surface area contributed by atoms with Crippen molar-refractivity contribution in [3.8, 4) is 29.5 Å². The summed E-state index contributed by atoms with van der Waals surface area (Å²) in [5.74, 6) is 2.45. The molecule has 0 saturated carbocycles. The number of aromatic nitrogens is 3. The van der Waals surface area contributed by atoms with Crippen LogP contribution in [0.3, 0.4) is 0 Å². The van der Waals surface area contributed by atoms with Gasteiger partial charge in [0, 0.05) is 10.6 Å². The molecule has 2 N–H and O–H groups in total. The third-order valence-electron chi connectivity index (χ3n) is 3.49. The summed E-state index contributed by atoms with van der Waals surface area (Å²) in [5, 5.41) is 17.3. The van der Waals surface area contributed by atoms with E-state index in [1.807, 2.05) is 0 Å². The van der Waals surface area contributed by atoms with Crippen LogP contribution in [0.2, 0.25) is 5.02 Å². The smallest absolute Gasteiger partial charge is 0.342 e. The van der Waals surface area contributed by atoms with E-state index < -0.39 is 5.97 Å². The lowest BCUT2D eigenvalue weighted by Crippen LogP contribution is -1.97. The van der Waals surface area contributed by atoms with Crippen LogP contribution < -0.4 is 4.74 Å². The van der Waals surface area contributed by atoms with Crippen LogP contribution in [0.15, 0.2) is 58.6 Å². The third-order valence-corrected chi connectivity index (χ3v) is 4.62. The molecule has 3 aromatic rings. The number of halogens is 1. The first-order valence-electron chi connectivity index (χ1n) is 8.02. The van der Waals surface area contributed by atoms with E-state index in [-0.39, 0.29) is 11.5 Å². The number of terminal acetylenes is 1. The Morgan fingerprint density at radius 3 is 2.61 bits per heavy atom. The SMILES string of the molecule is C#CCOc1ccc(/C=C(\Sc2n[nH]c(-c3ccc(Cl)cc3)n2)C(=O)O)cc1. The summed E-state index contributed by atoms with van der Waals surface area (Å²) >= 11 is 6.83. The van der Waals surface area contributed by atoms with Gasteiger partial charge in [-0.3, -0.25) is 5.10 Å². The van der Waals surface area contributed by atoms with Gasteiger partial charge in [0.25, 0.3) is 0 Å². The van der Waals surface area contributed by atoms with Gasteiger partial charge >= 0.3 is 5.97 Å². The van der Waals surface area contributed by atoms with Crippen molar-refractivity contribution < 1.29 is 14.6 Å². The van der Waals surface area contributed by atoms with Crippen molar-refractivity contribution in [2.24, 2.45) is 0 Å². The first kappa shape index (κ1) is 19.5. The normalized spacial score (nSPS) is 11.1. The fraction of sp³-hybridized carbons (Fsp3) is 0.0500. The third kappa shape index (κ3) is 5.16. The number of aromatic amines is 1. The first-order chi connectivity index (χ1) is 13.5. The minimum Gasteiger partial charge on any atom is -0.481 e. The molecule has 2 aromatic carbocycles. The second kappa shape index (κ2) is 9.13. The number of thioether (sulfide) groups is 1. The Kier molecular flexibility index (Phi) is 6.37. The number of aliphatic carboxylic acids is 1. The Morgan fingerprint density at radius 2 is 1.96 bits per heavy atom. The van der Waals surface area contributed by atoms with Crippen LogP contribution in [-0.2, 0) is 4.79 Å². The molecule has 1 heterocycles. The number of nitrogens with zero attached hydrogens (tertiary/aromatic N) is 2. The number of nitrogens with one attached hydrogen (secondary N) is 1. The largest absolute Gasteiger partial charge is 0.481 e. The van der Waals surface area contributed by atoms with Crippen molar-refractivity contribution in [3.63, 3.8) is 0 Å². The van der Waals surface area contributed by atoms with E-state index in [9.17, 15) is 9.90 Å². The van der Waals surface area contributed by atoms with Crippen molar-refractivity contribution >= 4 is 35.4 Å². The van der Waals surface area contributed by atoms with Crippen LogP contribution in [0, 0.1) is 12.3 Å². The molecule has 3 rings (SSSR count). The maximum Gasteiger partial charge on any atom is 0.342 e. The summed E-state index contributed by atoms with van der Waals surface area (Å²) in [6, 6.07) is 14.0. The van der Waals surface area contributed by atoms with E-state index in [1.165, 1.54) is 6.08 Å². The molecule has 0 atom stereocenters. The van der Waals surface area contributed by atoms with Crippen LogP contribution in [0.5, 0.6) is 5.75 Å². The van der Waals surface area contributed by atoms with Gasteiger partial charge in [-0.1, -0.05) is 29.7 Å². The number of ether oxygens (including phenoxy) is 1. The minimum absolute atomic E-state index is 0.0824. The molecule has 6 nitrogen and oxygen atoms in total. The van der Waals surface area contributed by atoms with Crippen molar-refractivity contribution in [2.45, 2.75) is 5.16 Å². The lowest BCUT2D eigenvalue weighted by atomic mass is 10.2. The number of H-pyrrole nitrogens is 1. The highest BCUT2D eigenvalue weighted by molar-refractivity contribution is 8.04. The number of hydrogen-bond donors (Lipinski definition) is 2. The zero-order valence-corrected chi connectivity index (χ0v) is 16.0. The molecule has 0 aliphatic carbocycles. The van der Waals surface area contributed by atoms with Crippen molar-refractivity contribution in [3.05, 3.63) is 64.0 Å². The van der Waals surface area contributed by atoms with E-state index >= 15 is 0 Å². The molecule has 0 aliphatic heterocycles. The molecule has 0 amide bonds. The highest BCUT2D eigenvalue weighted by atomic mass is 35.5. The van der Waals surface area contributed by atoms with E-state index in [0.717, 1.165) is 17.3 Å². The topological polar surface area (TPSA) is 88.1 Å². The Morgan fingerprint density at radius 1 is 1.25 bits per heavy atom. The highest BCUT2D eigenvalue weighted by Crippen LogP contribution is 2.28. The zero-order valence-electron chi connectivity index (χ0n) is 14.4. The fourth-order valence-corrected chi connectivity index (χ4v) is 3.03. The maximum atomic E-state index is 11.6. The number of benzene rings is 2. The van der Waals surface area contributed by atoms with Crippen LogP contribution in [-0.4, -0.2) is 32.9 Å². The number of hydrogen-bond acceptors (Lipinski definition) is 5. The molecule has 0 saturated heterocycles. The van der Waals surface area contributed by atoms with E-state index in [1.54, 1.807) is 48.5 Å². The quantitative estimate of drug-likeness (QED) is 0.341. The number of carbonyl (C=O) groups is 1. The van der Waals surface area contributed by atoms with Gasteiger partial charge in [0.2, 0.25) is 5.16 Å². The first-order valence-corrected chi connectivity index (χ1v) is 9.22. The predicted octanol–water partition coefficient (Wildman–Crippen LogP) is 4.35. The van der Waals surface area contributed by atoms with E-state index in [0.29, 0.717) is 27.3 Å². The lowest BCUT2D eigenvalue weighted by molar-refractivity contribution is -0.131. The summed E-state index contributed by atoms with van der Waals surface area (Å²) in [5.41, 5.74) is 1.50. The summed E-state index contributed by atoms with van der Waals surface area (Å²) in [6.45, 7) is 0.173. The van der Waals surface area contributed by atoms with E-state index in [2.05, 4.69) is 21.1 Å². The number of carboxylic acids is 1. The molecule has 140 valence electrons. The molecule has 0 radical (unpaired) electrons. The minimum atomic E-state index is -1.07. The standard InChI is InChI=1S/C20H14ClN3O3S/c1-2-11-27-16-9-3-13(4-10-16)12-17(19(25)26)28-20-22-18(23-24-20)14-5-7-15(21)8-6-14/h1,3-10,12H,11H2,(H,25,26)(H,22,23,24)/b17-12-. The molecular formula is C20H14ClN3O3S. The molecule has 28 heavy (non-hydrogen) atoms. The summed E-state index contributed by atoms with van der Waals surface area (Å²) in [6.07, 6.45) is 6.69. The van der Waals surface area contributed by atoms with Crippen LogP contribution >= 0.6 is 23.4 Å². The van der Waals surface area contributed by atoms with Crippen molar-refractivity contribution in [1.29, 1.82) is 0 Å². The van der Waals surface area contributed by atoms with Crippen LogP contribution in [0.1, 0.15) is 5.56 Å². The zero-order chi connectivity index (χ0) is 19.9. The van der Waals surface area contributed by atoms with E-state index in [4.69, 9.17) is 22.8 Å². The van der Waals surface area contributed by atoms with Crippen molar-refractivity contribution in [1.82, 2.24) is 15.2 Å². The molecule has 0 aliphatic rings. The monoisotopic (exact) mass is 411 g/mol. The molecule has 0 bridgehead atoms. The maximum absolute atomic E-state index is 11.6. The summed E-state index contributed by atoms with van der Waals surface area (Å²) in [7, 11) is 0. The Hall–Kier alpha value is -3.21. The second-order valence-corrected chi connectivity index (χ2v) is 6.90. The highest BCUT2D eigenvalue weighted by Gasteiger charge is 2.14. The van der Waals surface area contributed by atoms with Gasteiger partial charge in [0.1, 0.15) is 17.3 Å². The van der Waals surface area contributed by atoms with Gasteiger partial charge < -0.3 is 9.84 Å². The van der Waals surface area contributed by atoms with Gasteiger partial charge in [-0.15, -0.1) is 11.5 Å². The Labute approximate surface area is 170 Å². The van der Waals surface area contributed by atoms with Gasteiger partial charge in [-0.2, -0.15) is 0 Å².